The number of nitrogens with zero attached hydrogens (tertiary/aromatic N) is 3. The Labute approximate surface area is 147 Å². The second-order valence-corrected chi connectivity index (χ2v) is 3.27. The first-order valence-corrected chi connectivity index (χ1v) is 4.24. The summed E-state index contributed by atoms with van der Waals surface area (Å²) in [6, 6.07) is 0. The predicted molar refractivity (Wildman–Crippen MR) is 50.5 cm³/mol. The van der Waals surface area contributed by atoms with Crippen LogP contribution in [-0.2, 0) is 76.7 Å². The number of hydrogen-bond donors (Lipinski definition) is 0. The Balaban J connectivity index is 0.00000128. The molecule has 2 rings (SSSR count). The van der Waals surface area contributed by atoms with Crippen LogP contribution in [0.15, 0.2) is 14.4 Å². The number of hydrogen-bond acceptors (Lipinski definition) is 4. The Kier molecular flexibility index (Phi) is 6.60. The van der Waals surface area contributed by atoms with Crippen LogP contribution in [0.5, 0.6) is 0 Å². The van der Waals surface area contributed by atoms with Crippen LogP contribution in [-0.4, -0.2) is 26.4 Å². The average molecular weight is 389 g/mol. The first-order chi connectivity index (χ1) is 7.02. The Hall–Kier alpha value is 0.318. The van der Waals surface area contributed by atoms with Crippen molar-refractivity contribution in [1.82, 2.24) is 13.7 Å². The van der Waals surface area contributed by atoms with E-state index in [9.17, 15) is 14.4 Å². The smallest absolute Gasteiger partial charge is 0.213 e. The molecular weight excluding hydrogens is 380 g/mol. The zero-order chi connectivity index (χ0) is 11.2. The van der Waals surface area contributed by atoms with Gasteiger partial charge in [-0.15, -0.1) is 14.1 Å². The normalized spacial score (nSPS) is 16.8. The van der Waals surface area contributed by atoms with E-state index in [0.29, 0.717) is 15.7 Å². The summed E-state index contributed by atoms with van der Waals surface area (Å²) >= 11 is 0. The minimum Gasteiger partial charge on any atom is -0.390 e. The van der Waals surface area contributed by atoms with E-state index in [4.69, 9.17) is 4.74 Å². The average Bonchev–Trinajstić information content (AvgIpc) is 3.02. The monoisotopic (exact) mass is 389 g/mol. The van der Waals surface area contributed by atoms with Crippen molar-refractivity contribution in [3.8, 4) is 0 Å². The molecule has 1 unspecified atom stereocenters. The third-order valence-electron chi connectivity index (χ3n) is 2.17. The summed E-state index contributed by atoms with van der Waals surface area (Å²) in [5.74, 6) is 0. The Bertz CT molecular complexity index is 529. The molecule has 0 bridgehead atoms. The molecule has 0 N–H and O–H groups in total. The van der Waals surface area contributed by atoms with Crippen LogP contribution in [0.2, 0.25) is 0 Å². The van der Waals surface area contributed by atoms with E-state index in [1.807, 2.05) is 0 Å². The molecule has 0 spiro atoms. The summed E-state index contributed by atoms with van der Waals surface area (Å²) in [6.07, 6.45) is -0.132. The van der Waals surface area contributed by atoms with Crippen molar-refractivity contribution in [2.24, 2.45) is 0 Å². The number of rotatable bonds is 2. The van der Waals surface area contributed by atoms with Gasteiger partial charge in [-0.1, -0.05) is 0 Å². The van der Waals surface area contributed by atoms with E-state index in [0.717, 1.165) is 4.57 Å². The van der Waals surface area contributed by atoms with Gasteiger partial charge in [-0.2, -0.15) is 0 Å². The molecule has 1 saturated heterocycles. The molecule has 17 heavy (non-hydrogen) atoms. The maximum Gasteiger partial charge on any atom is 0.213 e. The molecule has 88 valence electrons. The summed E-state index contributed by atoms with van der Waals surface area (Å²) in [6.45, 7) is 0.641. The van der Waals surface area contributed by atoms with Gasteiger partial charge >= 0.3 is 0 Å². The molecule has 1 aliphatic rings. The van der Waals surface area contributed by atoms with Gasteiger partial charge in [-0.3, -0.25) is 0 Å². The topological polar surface area (TPSA) is 78.5 Å². The maximum atomic E-state index is 11.5. The number of aromatic nitrogens is 3. The zero-order valence-electron chi connectivity index (χ0n) is 9.04. The fourth-order valence-corrected chi connectivity index (χ4v) is 1.22. The molecule has 1 aromatic heterocycles. The van der Waals surface area contributed by atoms with Gasteiger partial charge in [0.15, 0.2) is 0 Å². The SMILES string of the molecule is [CH2-]n1c(=O)n([CH2-])c(=O)n(CC2CO2)c1=O.[Y].[Y]. The van der Waals surface area contributed by atoms with E-state index in [1.165, 1.54) is 0 Å². The van der Waals surface area contributed by atoms with Crippen LogP contribution in [0, 0.1) is 14.1 Å². The molecule has 0 aromatic carbocycles. The van der Waals surface area contributed by atoms with E-state index in [2.05, 4.69) is 14.1 Å². The maximum absolute atomic E-state index is 11.5. The van der Waals surface area contributed by atoms with Gasteiger partial charge in [0.2, 0.25) is 17.1 Å². The Morgan fingerprint density at radius 1 is 1.06 bits per heavy atom. The molecular formula is C8H9N3O4Y2-2. The third kappa shape index (κ3) is 3.41. The molecule has 1 aliphatic heterocycles. The molecule has 0 aliphatic carbocycles. The minimum atomic E-state index is -0.835. The molecule has 2 radical (unpaired) electrons. The van der Waals surface area contributed by atoms with Gasteiger partial charge in [0.25, 0.3) is 0 Å². The van der Waals surface area contributed by atoms with Crippen LogP contribution < -0.4 is 17.1 Å². The summed E-state index contributed by atoms with van der Waals surface area (Å²) in [5, 5.41) is 0. The van der Waals surface area contributed by atoms with Gasteiger partial charge in [-0.25, -0.2) is 0 Å². The third-order valence-corrected chi connectivity index (χ3v) is 2.17. The van der Waals surface area contributed by atoms with Crippen molar-refractivity contribution in [3.05, 3.63) is 45.5 Å². The molecule has 7 nitrogen and oxygen atoms in total. The van der Waals surface area contributed by atoms with Crippen LogP contribution in [0.25, 0.3) is 0 Å². The second-order valence-electron chi connectivity index (χ2n) is 3.27. The van der Waals surface area contributed by atoms with E-state index < -0.39 is 17.1 Å². The standard InChI is InChI=1S/C8H9N3O4.2Y/c1-9-6(12)10(2)8(14)11(7(9)13)3-5-4-15-5;;/h5H,1-4H2;;/q-2;;. The largest absolute Gasteiger partial charge is 0.390 e. The molecule has 1 aromatic rings. The molecule has 2 heterocycles. The van der Waals surface area contributed by atoms with Crippen molar-refractivity contribution in [2.75, 3.05) is 6.61 Å². The Morgan fingerprint density at radius 3 is 1.82 bits per heavy atom. The van der Waals surface area contributed by atoms with E-state index in [1.54, 1.807) is 0 Å². The molecule has 9 heteroatoms. The Morgan fingerprint density at radius 2 is 1.47 bits per heavy atom. The molecule has 1 atom stereocenters. The summed E-state index contributed by atoms with van der Waals surface area (Å²) in [5.41, 5.74) is -2.33. The first-order valence-electron chi connectivity index (χ1n) is 4.24. The minimum absolute atomic E-state index is 0. The second kappa shape index (κ2) is 6.47. The summed E-state index contributed by atoms with van der Waals surface area (Å²) < 4.78 is 6.97. The van der Waals surface area contributed by atoms with Gasteiger partial charge < -0.3 is 32.8 Å². The summed E-state index contributed by atoms with van der Waals surface area (Å²) in [4.78, 5) is 34.2. The fraction of sp³-hybridized carbons (Fsp3) is 0.375. The van der Waals surface area contributed by atoms with Crippen LogP contribution in [0.3, 0.4) is 0 Å². The van der Waals surface area contributed by atoms with Gasteiger partial charge in [0, 0.05) is 72.0 Å². The molecule has 0 amide bonds. The van der Waals surface area contributed by atoms with Crippen molar-refractivity contribution < 1.29 is 70.2 Å². The van der Waals surface area contributed by atoms with E-state index in [-0.39, 0.29) is 78.1 Å². The van der Waals surface area contributed by atoms with Crippen LogP contribution >= 0.6 is 0 Å². The van der Waals surface area contributed by atoms with Crippen molar-refractivity contribution in [3.63, 3.8) is 0 Å². The zero-order valence-corrected chi connectivity index (χ0v) is 14.7. The van der Waals surface area contributed by atoms with Crippen LogP contribution in [0.4, 0.5) is 0 Å². The van der Waals surface area contributed by atoms with Gasteiger partial charge in [0.1, 0.15) is 0 Å². The summed E-state index contributed by atoms with van der Waals surface area (Å²) in [7, 11) is 6.48. The van der Waals surface area contributed by atoms with Gasteiger partial charge in [-0.05, 0) is 0 Å². The quantitative estimate of drug-likeness (QED) is 0.427. The predicted octanol–water partition coefficient (Wildman–Crippen LogP) is -2.16. The molecule has 0 saturated carbocycles. The number of ether oxygens (including phenoxy) is 1. The number of epoxide rings is 1. The molecule has 1 fully saturated rings. The van der Waals surface area contributed by atoms with Crippen molar-refractivity contribution in [2.45, 2.75) is 12.6 Å². The van der Waals surface area contributed by atoms with Gasteiger partial charge in [0.05, 0.1) is 12.7 Å². The van der Waals surface area contributed by atoms with Crippen LogP contribution in [0.1, 0.15) is 0 Å². The van der Waals surface area contributed by atoms with Crippen molar-refractivity contribution in [1.29, 1.82) is 0 Å². The van der Waals surface area contributed by atoms with E-state index >= 15 is 0 Å². The fourth-order valence-electron chi connectivity index (χ4n) is 1.22. The first kappa shape index (κ1) is 17.3. The van der Waals surface area contributed by atoms with Crippen molar-refractivity contribution >= 4 is 0 Å².